The van der Waals surface area contributed by atoms with E-state index in [1.54, 1.807) is 11.3 Å². The SMILES string of the molecule is O=C1CC(=O)N[C@](c2ccsc2)(c2cccc(OC3CCOCC3)c2)C1. The number of nitrogens with one attached hydrogen (secondary N) is 1. The van der Waals surface area contributed by atoms with Gasteiger partial charge in [0, 0.05) is 19.3 Å². The minimum absolute atomic E-state index is 0.0456. The van der Waals surface area contributed by atoms with Crippen molar-refractivity contribution in [2.45, 2.75) is 37.3 Å². The number of benzene rings is 1. The molecule has 0 bridgehead atoms. The quantitative estimate of drug-likeness (QED) is 0.839. The van der Waals surface area contributed by atoms with Crippen LogP contribution in [0.2, 0.25) is 0 Å². The van der Waals surface area contributed by atoms with Crippen LogP contribution in [0.5, 0.6) is 5.75 Å². The number of thiophene rings is 1. The number of hydrogen-bond donors (Lipinski definition) is 1. The summed E-state index contributed by atoms with van der Waals surface area (Å²) in [5.41, 5.74) is 0.996. The maximum atomic E-state index is 12.3. The van der Waals surface area contributed by atoms with Crippen LogP contribution in [0.1, 0.15) is 36.8 Å². The molecule has 6 heteroatoms. The summed E-state index contributed by atoms with van der Waals surface area (Å²) in [6, 6.07) is 9.71. The Labute approximate surface area is 156 Å². The number of rotatable bonds is 4. The lowest BCUT2D eigenvalue weighted by Crippen LogP contribution is -2.52. The van der Waals surface area contributed by atoms with Crippen molar-refractivity contribution in [3.63, 3.8) is 0 Å². The molecular weight excluding hydrogens is 350 g/mol. The highest BCUT2D eigenvalue weighted by Gasteiger charge is 2.42. The van der Waals surface area contributed by atoms with Crippen LogP contribution in [-0.2, 0) is 19.9 Å². The van der Waals surface area contributed by atoms with Crippen LogP contribution in [0.15, 0.2) is 41.1 Å². The van der Waals surface area contributed by atoms with Gasteiger partial charge in [-0.05, 0) is 40.1 Å². The molecule has 0 radical (unpaired) electrons. The lowest BCUT2D eigenvalue weighted by molar-refractivity contribution is -0.133. The average Bonchev–Trinajstić information content (AvgIpc) is 3.17. The van der Waals surface area contributed by atoms with Gasteiger partial charge < -0.3 is 14.8 Å². The predicted octanol–water partition coefficient (Wildman–Crippen LogP) is 3.03. The molecule has 1 amide bonds. The van der Waals surface area contributed by atoms with Gasteiger partial charge in [-0.2, -0.15) is 11.3 Å². The fourth-order valence-electron chi connectivity index (χ4n) is 3.71. The van der Waals surface area contributed by atoms with Crippen LogP contribution in [0.4, 0.5) is 0 Å². The van der Waals surface area contributed by atoms with Gasteiger partial charge in [-0.15, -0.1) is 0 Å². The molecule has 5 nitrogen and oxygen atoms in total. The molecule has 2 aliphatic rings. The van der Waals surface area contributed by atoms with Gasteiger partial charge in [0.2, 0.25) is 5.91 Å². The van der Waals surface area contributed by atoms with Crippen LogP contribution in [0.3, 0.4) is 0 Å². The first-order valence-electron chi connectivity index (χ1n) is 8.86. The summed E-state index contributed by atoms with van der Waals surface area (Å²) in [4.78, 5) is 24.4. The van der Waals surface area contributed by atoms with Gasteiger partial charge in [0.05, 0.1) is 25.2 Å². The second kappa shape index (κ2) is 7.21. The lowest BCUT2D eigenvalue weighted by atomic mass is 9.77. The maximum absolute atomic E-state index is 12.3. The van der Waals surface area contributed by atoms with E-state index in [0.29, 0.717) is 13.2 Å². The Hall–Kier alpha value is -2.18. The molecular formula is C20H21NO4S. The Balaban J connectivity index is 1.69. The van der Waals surface area contributed by atoms with Gasteiger partial charge in [0.15, 0.2) is 0 Å². The van der Waals surface area contributed by atoms with E-state index >= 15 is 0 Å². The Kier molecular flexibility index (Phi) is 4.78. The number of carbonyl (C=O) groups excluding carboxylic acids is 2. The normalized spacial score (nSPS) is 24.3. The third kappa shape index (κ3) is 3.39. The van der Waals surface area contributed by atoms with E-state index in [0.717, 1.165) is 29.7 Å². The molecule has 2 fully saturated rings. The van der Waals surface area contributed by atoms with Crippen molar-refractivity contribution in [3.8, 4) is 5.75 Å². The minimum Gasteiger partial charge on any atom is -0.490 e. The molecule has 3 heterocycles. The van der Waals surface area contributed by atoms with Crippen LogP contribution < -0.4 is 10.1 Å². The summed E-state index contributed by atoms with van der Waals surface area (Å²) in [7, 11) is 0. The average molecular weight is 371 g/mol. The largest absolute Gasteiger partial charge is 0.490 e. The topological polar surface area (TPSA) is 64.6 Å². The molecule has 26 heavy (non-hydrogen) atoms. The second-order valence-electron chi connectivity index (χ2n) is 6.82. The summed E-state index contributed by atoms with van der Waals surface area (Å²) < 4.78 is 11.5. The van der Waals surface area contributed by atoms with Gasteiger partial charge >= 0.3 is 0 Å². The highest BCUT2D eigenvalue weighted by molar-refractivity contribution is 7.08. The van der Waals surface area contributed by atoms with Gasteiger partial charge in [0.1, 0.15) is 17.6 Å². The zero-order valence-electron chi connectivity index (χ0n) is 14.4. The van der Waals surface area contributed by atoms with Crippen molar-refractivity contribution >= 4 is 23.0 Å². The Morgan fingerprint density at radius 1 is 1.15 bits per heavy atom. The number of Topliss-reactive ketones (excluding diaryl/α,β-unsaturated/α-hetero) is 1. The fourth-order valence-corrected chi connectivity index (χ4v) is 4.44. The van der Waals surface area contributed by atoms with Crippen LogP contribution >= 0.6 is 11.3 Å². The molecule has 2 aromatic rings. The summed E-state index contributed by atoms with van der Waals surface area (Å²) in [5.74, 6) is 0.482. The number of carbonyl (C=O) groups is 2. The summed E-state index contributed by atoms with van der Waals surface area (Å²) in [5, 5.41) is 7.04. The number of ether oxygens (including phenoxy) is 2. The molecule has 136 valence electrons. The molecule has 0 spiro atoms. The summed E-state index contributed by atoms with van der Waals surface area (Å²) in [6.07, 6.45) is 2.09. The molecule has 2 aliphatic heterocycles. The molecule has 0 unspecified atom stereocenters. The lowest BCUT2D eigenvalue weighted by Gasteiger charge is -2.38. The van der Waals surface area contributed by atoms with E-state index in [9.17, 15) is 9.59 Å². The highest BCUT2D eigenvalue weighted by Crippen LogP contribution is 2.38. The highest BCUT2D eigenvalue weighted by atomic mass is 32.1. The molecule has 1 N–H and O–H groups in total. The Morgan fingerprint density at radius 3 is 2.73 bits per heavy atom. The van der Waals surface area contributed by atoms with Crippen molar-refractivity contribution in [1.82, 2.24) is 5.32 Å². The zero-order valence-corrected chi connectivity index (χ0v) is 15.2. The van der Waals surface area contributed by atoms with Crippen LogP contribution in [0, 0.1) is 0 Å². The van der Waals surface area contributed by atoms with Crippen molar-refractivity contribution in [1.29, 1.82) is 0 Å². The zero-order chi connectivity index (χ0) is 18.0. The molecule has 1 aromatic heterocycles. The second-order valence-corrected chi connectivity index (χ2v) is 7.60. The number of amides is 1. The minimum atomic E-state index is -0.818. The Morgan fingerprint density at radius 2 is 2.00 bits per heavy atom. The molecule has 1 aromatic carbocycles. The van der Waals surface area contributed by atoms with Gasteiger partial charge in [0.25, 0.3) is 0 Å². The van der Waals surface area contributed by atoms with Crippen LogP contribution in [0.25, 0.3) is 0 Å². The third-order valence-corrected chi connectivity index (χ3v) is 5.67. The van der Waals surface area contributed by atoms with Crippen LogP contribution in [-0.4, -0.2) is 31.0 Å². The monoisotopic (exact) mass is 371 g/mol. The van der Waals surface area contributed by atoms with E-state index in [-0.39, 0.29) is 30.6 Å². The van der Waals surface area contributed by atoms with Gasteiger partial charge in [-0.3, -0.25) is 9.59 Å². The van der Waals surface area contributed by atoms with E-state index in [2.05, 4.69) is 5.32 Å². The molecule has 2 saturated heterocycles. The van der Waals surface area contributed by atoms with Crippen molar-refractivity contribution in [2.75, 3.05) is 13.2 Å². The summed E-state index contributed by atoms with van der Waals surface area (Å²) >= 11 is 1.55. The third-order valence-electron chi connectivity index (χ3n) is 4.98. The predicted molar refractivity (Wildman–Crippen MR) is 98.4 cm³/mol. The maximum Gasteiger partial charge on any atom is 0.228 e. The van der Waals surface area contributed by atoms with E-state index < -0.39 is 5.54 Å². The van der Waals surface area contributed by atoms with E-state index in [1.165, 1.54) is 0 Å². The van der Waals surface area contributed by atoms with Crippen molar-refractivity contribution < 1.29 is 19.1 Å². The van der Waals surface area contributed by atoms with Crippen molar-refractivity contribution in [3.05, 3.63) is 52.2 Å². The summed E-state index contributed by atoms with van der Waals surface area (Å²) in [6.45, 7) is 1.43. The van der Waals surface area contributed by atoms with E-state index in [4.69, 9.17) is 9.47 Å². The molecule has 1 atom stereocenters. The fraction of sp³-hybridized carbons (Fsp3) is 0.400. The standard InChI is InChI=1S/C20H21NO4S/c22-16-11-19(23)21-20(12-16,15-6-9-26-13-15)14-2-1-3-18(10-14)25-17-4-7-24-8-5-17/h1-3,6,9-10,13,17H,4-5,7-8,11-12H2,(H,21,23)/t20-/m0/s1. The Bertz CT molecular complexity index is 780. The molecule has 4 rings (SSSR count). The first kappa shape index (κ1) is 17.2. The first-order valence-corrected chi connectivity index (χ1v) is 9.80. The number of hydrogen-bond acceptors (Lipinski definition) is 5. The molecule has 0 aliphatic carbocycles. The first-order chi connectivity index (χ1) is 12.7. The van der Waals surface area contributed by atoms with E-state index in [1.807, 2.05) is 41.1 Å². The van der Waals surface area contributed by atoms with Crippen molar-refractivity contribution in [2.24, 2.45) is 0 Å². The number of piperidine rings is 1. The molecule has 0 saturated carbocycles. The number of ketones is 1. The smallest absolute Gasteiger partial charge is 0.228 e. The van der Waals surface area contributed by atoms with Gasteiger partial charge in [-0.25, -0.2) is 0 Å². The van der Waals surface area contributed by atoms with Gasteiger partial charge in [-0.1, -0.05) is 12.1 Å².